The highest BCUT2D eigenvalue weighted by molar-refractivity contribution is 9.10. The van der Waals surface area contributed by atoms with Crippen LogP contribution in [0.25, 0.3) is 0 Å². The van der Waals surface area contributed by atoms with Gasteiger partial charge in [0.15, 0.2) is 5.15 Å². The van der Waals surface area contributed by atoms with Gasteiger partial charge >= 0.3 is 0 Å². The van der Waals surface area contributed by atoms with Crippen molar-refractivity contribution >= 4 is 39.1 Å². The summed E-state index contributed by atoms with van der Waals surface area (Å²) in [6.07, 6.45) is 1.99. The molecule has 1 rings (SSSR count). The van der Waals surface area contributed by atoms with Gasteiger partial charge in [-0.1, -0.05) is 18.5 Å². The second-order valence-electron chi connectivity index (χ2n) is 2.39. The molecule has 0 saturated carbocycles. The molecule has 0 bridgehead atoms. The summed E-state index contributed by atoms with van der Waals surface area (Å²) >= 11 is 8.99. The van der Waals surface area contributed by atoms with E-state index in [0.29, 0.717) is 17.3 Å². The maximum Gasteiger partial charge on any atom is 0.224 e. The van der Waals surface area contributed by atoms with Gasteiger partial charge < -0.3 is 5.32 Å². The van der Waals surface area contributed by atoms with Crippen LogP contribution in [-0.2, 0) is 4.79 Å². The van der Waals surface area contributed by atoms with Crippen molar-refractivity contribution in [2.45, 2.75) is 13.3 Å². The zero-order valence-corrected chi connectivity index (χ0v) is 9.32. The molecule has 1 aromatic heterocycles. The van der Waals surface area contributed by atoms with Crippen molar-refractivity contribution in [1.29, 1.82) is 0 Å². The number of hydrogen-bond donors (Lipinski definition) is 1. The Morgan fingerprint density at radius 3 is 3.08 bits per heavy atom. The number of rotatable bonds is 2. The molecule has 5 heteroatoms. The molecule has 0 aliphatic rings. The molecule has 0 spiro atoms. The topological polar surface area (TPSA) is 42.0 Å². The van der Waals surface area contributed by atoms with Gasteiger partial charge in [-0.3, -0.25) is 4.79 Å². The number of carbonyl (C=O) groups is 1. The summed E-state index contributed by atoms with van der Waals surface area (Å²) in [5, 5.41) is 2.93. The Morgan fingerprint density at radius 1 is 1.77 bits per heavy atom. The third-order valence-corrected chi connectivity index (χ3v) is 2.14. The first-order chi connectivity index (χ1) is 6.13. The first kappa shape index (κ1) is 10.5. The molecule has 0 unspecified atom stereocenters. The van der Waals surface area contributed by atoms with Crippen LogP contribution in [0.4, 0.5) is 5.69 Å². The molecular formula is C8H8BrClN2O. The number of hydrogen-bond acceptors (Lipinski definition) is 2. The average Bonchev–Trinajstić information content (AvgIpc) is 2.11. The standard InChI is InChI=1S/C8H8BrClN2O/c1-2-7(13)12-6-3-5(9)4-11-8(6)10/h3-4H,2H2,1H3,(H,12,13). The predicted octanol–water partition coefficient (Wildman–Crippen LogP) is 2.85. The van der Waals surface area contributed by atoms with Gasteiger partial charge in [0, 0.05) is 17.1 Å². The zero-order valence-electron chi connectivity index (χ0n) is 6.97. The van der Waals surface area contributed by atoms with Crippen LogP contribution < -0.4 is 5.32 Å². The van der Waals surface area contributed by atoms with Crippen molar-refractivity contribution in [2.75, 3.05) is 5.32 Å². The second-order valence-corrected chi connectivity index (χ2v) is 3.67. The fourth-order valence-corrected chi connectivity index (χ4v) is 1.23. The number of nitrogens with zero attached hydrogens (tertiary/aromatic N) is 1. The third-order valence-electron chi connectivity index (χ3n) is 1.40. The molecule has 0 aliphatic carbocycles. The van der Waals surface area contributed by atoms with Gasteiger partial charge in [-0.2, -0.15) is 0 Å². The van der Waals surface area contributed by atoms with Gasteiger partial charge in [0.25, 0.3) is 0 Å². The average molecular weight is 264 g/mol. The van der Waals surface area contributed by atoms with Gasteiger partial charge in [0.05, 0.1) is 5.69 Å². The molecule has 3 nitrogen and oxygen atoms in total. The lowest BCUT2D eigenvalue weighted by Gasteiger charge is -2.04. The first-order valence-electron chi connectivity index (χ1n) is 3.74. The first-order valence-corrected chi connectivity index (χ1v) is 4.91. The quantitative estimate of drug-likeness (QED) is 0.834. The highest BCUT2D eigenvalue weighted by Crippen LogP contribution is 2.22. The molecule has 0 aromatic carbocycles. The van der Waals surface area contributed by atoms with E-state index in [0.717, 1.165) is 4.47 Å². The summed E-state index contributed by atoms with van der Waals surface area (Å²) < 4.78 is 0.781. The monoisotopic (exact) mass is 262 g/mol. The summed E-state index contributed by atoms with van der Waals surface area (Å²) in [5.74, 6) is -0.0817. The molecule has 1 aromatic rings. The molecule has 1 N–H and O–H groups in total. The van der Waals surface area contributed by atoms with Gasteiger partial charge in [-0.05, 0) is 22.0 Å². The number of amides is 1. The van der Waals surface area contributed by atoms with Crippen LogP contribution in [0.1, 0.15) is 13.3 Å². The van der Waals surface area contributed by atoms with Crippen LogP contribution >= 0.6 is 27.5 Å². The van der Waals surface area contributed by atoms with Crippen LogP contribution in [-0.4, -0.2) is 10.9 Å². The van der Waals surface area contributed by atoms with E-state index in [1.807, 2.05) is 0 Å². The maximum absolute atomic E-state index is 11.0. The highest BCUT2D eigenvalue weighted by Gasteiger charge is 2.04. The summed E-state index contributed by atoms with van der Waals surface area (Å²) in [6.45, 7) is 1.77. The lowest BCUT2D eigenvalue weighted by molar-refractivity contribution is -0.115. The van der Waals surface area contributed by atoms with Gasteiger partial charge in [0.1, 0.15) is 0 Å². The number of nitrogens with one attached hydrogen (secondary N) is 1. The lowest BCUT2D eigenvalue weighted by Crippen LogP contribution is -2.10. The smallest absolute Gasteiger partial charge is 0.224 e. The second kappa shape index (κ2) is 4.58. The molecule has 13 heavy (non-hydrogen) atoms. The van der Waals surface area contributed by atoms with Crippen molar-refractivity contribution in [2.24, 2.45) is 0 Å². The minimum absolute atomic E-state index is 0.0817. The predicted molar refractivity (Wildman–Crippen MR) is 55.9 cm³/mol. The number of aromatic nitrogens is 1. The summed E-state index contributed by atoms with van der Waals surface area (Å²) in [5.41, 5.74) is 0.530. The molecule has 0 radical (unpaired) electrons. The van der Waals surface area contributed by atoms with E-state index in [1.54, 1.807) is 19.2 Å². The fourth-order valence-electron chi connectivity index (χ4n) is 0.749. The van der Waals surface area contributed by atoms with E-state index >= 15 is 0 Å². The van der Waals surface area contributed by atoms with Gasteiger partial charge in [-0.25, -0.2) is 4.98 Å². The summed E-state index contributed by atoms with van der Waals surface area (Å²) in [6, 6.07) is 1.71. The largest absolute Gasteiger partial charge is 0.323 e. The Kier molecular flexibility index (Phi) is 3.69. The number of anilines is 1. The Labute approximate surface area is 89.6 Å². The molecule has 1 heterocycles. The lowest BCUT2D eigenvalue weighted by atomic mass is 10.4. The van der Waals surface area contributed by atoms with E-state index < -0.39 is 0 Å². The number of halogens is 2. The highest BCUT2D eigenvalue weighted by atomic mass is 79.9. The number of pyridine rings is 1. The maximum atomic E-state index is 11.0. The van der Waals surface area contributed by atoms with Crippen LogP contribution in [0.2, 0.25) is 5.15 Å². The van der Waals surface area contributed by atoms with E-state index in [9.17, 15) is 4.79 Å². The molecule has 0 saturated heterocycles. The fraction of sp³-hybridized carbons (Fsp3) is 0.250. The summed E-state index contributed by atoms with van der Waals surface area (Å²) in [4.78, 5) is 14.9. The van der Waals surface area contributed by atoms with E-state index in [2.05, 4.69) is 26.2 Å². The van der Waals surface area contributed by atoms with Crippen molar-refractivity contribution < 1.29 is 4.79 Å². The Hall–Kier alpha value is -0.610. The van der Waals surface area contributed by atoms with Crippen LogP contribution in [0.15, 0.2) is 16.7 Å². The van der Waals surface area contributed by atoms with Crippen molar-refractivity contribution in [1.82, 2.24) is 4.98 Å². The zero-order chi connectivity index (χ0) is 9.84. The number of carbonyl (C=O) groups excluding carboxylic acids is 1. The SMILES string of the molecule is CCC(=O)Nc1cc(Br)cnc1Cl. The van der Waals surface area contributed by atoms with Crippen LogP contribution in [0.3, 0.4) is 0 Å². The molecule has 0 aliphatic heterocycles. The van der Waals surface area contributed by atoms with Crippen LogP contribution in [0.5, 0.6) is 0 Å². The van der Waals surface area contributed by atoms with E-state index in [1.165, 1.54) is 0 Å². The summed E-state index contributed by atoms with van der Waals surface area (Å²) in [7, 11) is 0. The molecule has 70 valence electrons. The molecule has 1 amide bonds. The normalized spacial score (nSPS) is 9.77. The minimum atomic E-state index is -0.0817. The Bertz CT molecular complexity index is 330. The van der Waals surface area contributed by atoms with Crippen molar-refractivity contribution in [3.05, 3.63) is 21.9 Å². The van der Waals surface area contributed by atoms with Gasteiger partial charge in [-0.15, -0.1) is 0 Å². The molecular weight excluding hydrogens is 255 g/mol. The van der Waals surface area contributed by atoms with Gasteiger partial charge in [0.2, 0.25) is 5.91 Å². The van der Waals surface area contributed by atoms with E-state index in [-0.39, 0.29) is 5.91 Å². The van der Waals surface area contributed by atoms with E-state index in [4.69, 9.17) is 11.6 Å². The minimum Gasteiger partial charge on any atom is -0.323 e. The molecule has 0 fully saturated rings. The van der Waals surface area contributed by atoms with Crippen LogP contribution in [0, 0.1) is 0 Å². The Morgan fingerprint density at radius 2 is 2.46 bits per heavy atom. The Balaban J connectivity index is 2.87. The third kappa shape index (κ3) is 2.97. The van der Waals surface area contributed by atoms with Crippen molar-refractivity contribution in [3.8, 4) is 0 Å². The molecule has 0 atom stereocenters. The van der Waals surface area contributed by atoms with Crippen molar-refractivity contribution in [3.63, 3.8) is 0 Å².